The van der Waals surface area contributed by atoms with Crippen LogP contribution in [-0.2, 0) is 10.2 Å². The fourth-order valence-electron chi connectivity index (χ4n) is 3.76. The Morgan fingerprint density at radius 1 is 1.20 bits per heavy atom. The Balaban J connectivity index is 1.65. The Hall–Kier alpha value is -1.54. The number of aromatic nitrogens is 1. The molecule has 134 valence electrons. The van der Waals surface area contributed by atoms with E-state index in [0.29, 0.717) is 25.9 Å². The second kappa shape index (κ2) is 6.64. The highest BCUT2D eigenvalue weighted by Crippen LogP contribution is 2.39. The van der Waals surface area contributed by atoms with Gasteiger partial charge in [0, 0.05) is 24.7 Å². The van der Waals surface area contributed by atoms with Crippen molar-refractivity contribution in [2.24, 2.45) is 5.92 Å². The lowest BCUT2D eigenvalue weighted by Crippen LogP contribution is -2.46. The molecule has 0 radical (unpaired) electrons. The van der Waals surface area contributed by atoms with E-state index in [1.165, 1.54) is 4.31 Å². The van der Waals surface area contributed by atoms with Crippen molar-refractivity contribution in [3.05, 3.63) is 42.1 Å². The summed E-state index contributed by atoms with van der Waals surface area (Å²) in [6.07, 6.45) is 4.46. The van der Waals surface area contributed by atoms with Crippen molar-refractivity contribution < 1.29 is 13.5 Å². The number of benzene rings is 1. The first-order valence-electron chi connectivity index (χ1n) is 8.83. The Bertz CT molecular complexity index is 859. The molecule has 0 amide bonds. The van der Waals surface area contributed by atoms with Gasteiger partial charge in [0.05, 0.1) is 17.7 Å². The largest absolute Gasteiger partial charge is 0.393 e. The topological polar surface area (TPSA) is 82.5 Å². The lowest BCUT2D eigenvalue weighted by atomic mass is 9.75. The summed E-state index contributed by atoms with van der Waals surface area (Å²) in [6.45, 7) is 1.15. The zero-order valence-electron chi connectivity index (χ0n) is 14.0. The van der Waals surface area contributed by atoms with Gasteiger partial charge in [-0.1, -0.05) is 18.2 Å². The minimum atomic E-state index is -3.53. The quantitative estimate of drug-likeness (QED) is 0.853. The van der Waals surface area contributed by atoms with Gasteiger partial charge in [0.2, 0.25) is 0 Å². The molecule has 1 atom stereocenters. The van der Waals surface area contributed by atoms with Crippen molar-refractivity contribution in [2.75, 3.05) is 13.1 Å². The van der Waals surface area contributed by atoms with Gasteiger partial charge in [0.1, 0.15) is 0 Å². The minimum Gasteiger partial charge on any atom is -0.393 e. The highest BCUT2D eigenvalue weighted by molar-refractivity contribution is 7.87. The molecule has 1 saturated carbocycles. The molecule has 1 aliphatic carbocycles. The molecular formula is C18H23N3O3S. The Kier molecular flexibility index (Phi) is 4.49. The summed E-state index contributed by atoms with van der Waals surface area (Å²) in [7, 11) is -3.53. The molecule has 0 spiro atoms. The summed E-state index contributed by atoms with van der Waals surface area (Å²) >= 11 is 0. The molecule has 1 aromatic heterocycles. The molecule has 1 saturated heterocycles. The smallest absolute Gasteiger partial charge is 0.280 e. The number of hydrogen-bond donors (Lipinski definition) is 2. The first-order chi connectivity index (χ1) is 12.0. The van der Waals surface area contributed by atoms with E-state index in [9.17, 15) is 13.5 Å². The minimum absolute atomic E-state index is 0.0929. The van der Waals surface area contributed by atoms with Gasteiger partial charge < -0.3 is 5.11 Å². The molecule has 2 heterocycles. The molecule has 7 heteroatoms. The van der Waals surface area contributed by atoms with Crippen LogP contribution in [0, 0.1) is 5.92 Å². The number of fused-ring (bicyclic) bond motifs is 1. The number of aliphatic hydroxyl groups excluding tert-OH is 1. The molecular weight excluding hydrogens is 338 g/mol. The van der Waals surface area contributed by atoms with E-state index >= 15 is 0 Å². The van der Waals surface area contributed by atoms with Crippen molar-refractivity contribution >= 4 is 21.1 Å². The molecule has 25 heavy (non-hydrogen) atoms. The number of rotatable bonds is 5. The first-order valence-corrected chi connectivity index (χ1v) is 10.3. The molecule has 6 nitrogen and oxygen atoms in total. The SMILES string of the molecule is O=S(=O)(NC(c1cnc2ccccc2c1)C1CC(O)C1)N1CCCC1. The molecule has 2 fully saturated rings. The molecule has 0 bridgehead atoms. The predicted molar refractivity (Wildman–Crippen MR) is 96.1 cm³/mol. The van der Waals surface area contributed by atoms with E-state index in [-0.39, 0.29) is 18.1 Å². The van der Waals surface area contributed by atoms with Crippen LogP contribution in [0.1, 0.15) is 37.3 Å². The standard InChI is InChI=1S/C18H23N3O3S/c22-16-10-14(11-16)18(20-25(23,24)21-7-3-4-8-21)15-9-13-5-1-2-6-17(13)19-12-15/h1-2,5-6,9,12,14,16,18,20,22H,3-4,7-8,10-11H2. The predicted octanol–water partition coefficient (Wildman–Crippen LogP) is 1.98. The third-order valence-electron chi connectivity index (χ3n) is 5.27. The lowest BCUT2D eigenvalue weighted by Gasteiger charge is -2.38. The van der Waals surface area contributed by atoms with Gasteiger partial charge in [-0.3, -0.25) is 4.98 Å². The van der Waals surface area contributed by atoms with Crippen LogP contribution in [0.25, 0.3) is 10.9 Å². The van der Waals surface area contributed by atoms with Crippen molar-refractivity contribution in [1.82, 2.24) is 14.0 Å². The number of aliphatic hydroxyl groups is 1. The highest BCUT2D eigenvalue weighted by atomic mass is 32.2. The zero-order valence-corrected chi connectivity index (χ0v) is 14.8. The van der Waals surface area contributed by atoms with Gasteiger partial charge in [0.15, 0.2) is 0 Å². The zero-order chi connectivity index (χ0) is 17.4. The number of hydrogen-bond acceptors (Lipinski definition) is 4. The number of para-hydroxylation sites is 1. The molecule has 1 aromatic carbocycles. The molecule has 1 aliphatic heterocycles. The van der Waals surface area contributed by atoms with Crippen molar-refractivity contribution in [3.8, 4) is 0 Å². The van der Waals surface area contributed by atoms with Crippen LogP contribution in [0.15, 0.2) is 36.5 Å². The summed E-state index contributed by atoms with van der Waals surface area (Å²) < 4.78 is 29.9. The summed E-state index contributed by atoms with van der Waals surface area (Å²) in [4.78, 5) is 4.48. The number of nitrogens with zero attached hydrogens (tertiary/aromatic N) is 2. The van der Waals surface area contributed by atoms with Gasteiger partial charge >= 0.3 is 0 Å². The Labute approximate surface area is 148 Å². The second-order valence-electron chi connectivity index (χ2n) is 7.05. The maximum absolute atomic E-state index is 12.7. The molecule has 4 rings (SSSR count). The third-order valence-corrected chi connectivity index (χ3v) is 6.87. The molecule has 2 N–H and O–H groups in total. The Morgan fingerprint density at radius 3 is 2.64 bits per heavy atom. The van der Waals surface area contributed by atoms with Gasteiger partial charge in [-0.2, -0.15) is 17.4 Å². The van der Waals surface area contributed by atoms with Crippen LogP contribution in [-0.4, -0.2) is 42.0 Å². The highest BCUT2D eigenvalue weighted by Gasteiger charge is 2.38. The fraction of sp³-hybridized carbons (Fsp3) is 0.500. The third kappa shape index (κ3) is 3.42. The van der Waals surface area contributed by atoms with Gasteiger partial charge in [0.25, 0.3) is 10.2 Å². The summed E-state index contributed by atoms with van der Waals surface area (Å²) in [5, 5.41) is 10.7. The van der Waals surface area contributed by atoms with E-state index < -0.39 is 10.2 Å². The van der Waals surface area contributed by atoms with Crippen LogP contribution >= 0.6 is 0 Å². The maximum atomic E-state index is 12.7. The van der Waals surface area contributed by atoms with Crippen LogP contribution < -0.4 is 4.72 Å². The average Bonchev–Trinajstić information content (AvgIpc) is 3.12. The Morgan fingerprint density at radius 2 is 1.92 bits per heavy atom. The van der Waals surface area contributed by atoms with E-state index in [1.807, 2.05) is 30.3 Å². The normalized spacial score (nSPS) is 25.8. The average molecular weight is 361 g/mol. The van der Waals surface area contributed by atoms with Gasteiger partial charge in [-0.05, 0) is 49.3 Å². The van der Waals surface area contributed by atoms with E-state index in [1.54, 1.807) is 6.20 Å². The second-order valence-corrected chi connectivity index (χ2v) is 8.76. The van der Waals surface area contributed by atoms with Crippen LogP contribution in [0.4, 0.5) is 0 Å². The molecule has 2 aliphatic rings. The summed E-state index contributed by atoms with van der Waals surface area (Å²) in [6, 6.07) is 9.45. The van der Waals surface area contributed by atoms with Crippen molar-refractivity contribution in [2.45, 2.75) is 37.8 Å². The monoisotopic (exact) mass is 361 g/mol. The van der Waals surface area contributed by atoms with Crippen molar-refractivity contribution in [3.63, 3.8) is 0 Å². The first kappa shape index (κ1) is 16.9. The molecule has 2 aromatic rings. The van der Waals surface area contributed by atoms with Crippen LogP contribution in [0.2, 0.25) is 0 Å². The van der Waals surface area contributed by atoms with Crippen molar-refractivity contribution in [1.29, 1.82) is 0 Å². The fourth-order valence-corrected chi connectivity index (χ4v) is 5.30. The molecule has 1 unspecified atom stereocenters. The lowest BCUT2D eigenvalue weighted by molar-refractivity contribution is 0.0277. The summed E-state index contributed by atoms with van der Waals surface area (Å²) in [5.74, 6) is 0.0929. The number of pyridine rings is 1. The maximum Gasteiger partial charge on any atom is 0.280 e. The van der Waals surface area contributed by atoms with Gasteiger partial charge in [-0.25, -0.2) is 0 Å². The van der Waals surface area contributed by atoms with E-state index in [2.05, 4.69) is 9.71 Å². The van der Waals surface area contributed by atoms with Gasteiger partial charge in [-0.15, -0.1) is 0 Å². The van der Waals surface area contributed by atoms with E-state index in [4.69, 9.17) is 0 Å². The van der Waals surface area contributed by atoms with E-state index in [0.717, 1.165) is 29.3 Å². The summed E-state index contributed by atoms with van der Waals surface area (Å²) in [5.41, 5.74) is 1.75. The number of nitrogens with one attached hydrogen (secondary N) is 1. The van der Waals surface area contributed by atoms with Crippen LogP contribution in [0.5, 0.6) is 0 Å². The van der Waals surface area contributed by atoms with Crippen LogP contribution in [0.3, 0.4) is 0 Å².